The standard InChI is InChI=1S/C15H19N3O2/c1-3-11-10-14(18-17-11)16-15(19)13(4-2)20-12-8-6-5-7-9-12/h5-10,13H,3-4H2,1-2H3,(H2,16,17,18,19). The lowest BCUT2D eigenvalue weighted by molar-refractivity contribution is -0.122. The number of nitrogens with one attached hydrogen (secondary N) is 2. The van der Waals surface area contributed by atoms with E-state index in [9.17, 15) is 4.79 Å². The Bertz CT molecular complexity index is 551. The summed E-state index contributed by atoms with van der Waals surface area (Å²) in [5, 5.41) is 9.66. The SMILES string of the molecule is CCc1cc(NC(=O)C(CC)Oc2ccccc2)n[nH]1. The number of H-pyrrole nitrogens is 1. The van der Waals surface area contributed by atoms with Crippen molar-refractivity contribution < 1.29 is 9.53 Å². The molecule has 1 unspecified atom stereocenters. The zero-order valence-electron chi connectivity index (χ0n) is 11.7. The highest BCUT2D eigenvalue weighted by Crippen LogP contribution is 2.14. The number of anilines is 1. The first kappa shape index (κ1) is 14.1. The Kier molecular flexibility index (Phi) is 4.76. The summed E-state index contributed by atoms with van der Waals surface area (Å²) in [6, 6.07) is 11.2. The van der Waals surface area contributed by atoms with Crippen molar-refractivity contribution in [3.63, 3.8) is 0 Å². The largest absolute Gasteiger partial charge is 0.481 e. The van der Waals surface area contributed by atoms with Gasteiger partial charge in [-0.1, -0.05) is 32.0 Å². The topological polar surface area (TPSA) is 67.0 Å². The molecule has 1 aromatic heterocycles. The molecular formula is C15H19N3O2. The lowest BCUT2D eigenvalue weighted by Gasteiger charge is -2.16. The minimum Gasteiger partial charge on any atom is -0.481 e. The molecule has 20 heavy (non-hydrogen) atoms. The predicted molar refractivity (Wildman–Crippen MR) is 77.7 cm³/mol. The maximum atomic E-state index is 12.2. The second-order valence-electron chi connectivity index (χ2n) is 4.45. The summed E-state index contributed by atoms with van der Waals surface area (Å²) in [4.78, 5) is 12.2. The summed E-state index contributed by atoms with van der Waals surface area (Å²) < 4.78 is 5.68. The molecule has 1 atom stereocenters. The zero-order chi connectivity index (χ0) is 14.4. The molecule has 106 valence electrons. The molecule has 1 heterocycles. The Balaban J connectivity index is 1.98. The maximum Gasteiger partial charge on any atom is 0.266 e. The van der Waals surface area contributed by atoms with Gasteiger partial charge in [0.15, 0.2) is 11.9 Å². The number of amides is 1. The molecule has 2 rings (SSSR count). The fourth-order valence-electron chi connectivity index (χ4n) is 1.80. The van der Waals surface area contributed by atoms with Crippen LogP contribution in [0.2, 0.25) is 0 Å². The number of aromatic nitrogens is 2. The van der Waals surface area contributed by atoms with Gasteiger partial charge in [-0.2, -0.15) is 5.10 Å². The third-order valence-electron chi connectivity index (χ3n) is 2.95. The van der Waals surface area contributed by atoms with E-state index in [1.165, 1.54) is 0 Å². The Morgan fingerprint density at radius 2 is 2.10 bits per heavy atom. The molecule has 5 nitrogen and oxygen atoms in total. The van der Waals surface area contributed by atoms with Gasteiger partial charge < -0.3 is 10.1 Å². The van der Waals surface area contributed by atoms with Crippen LogP contribution in [0.5, 0.6) is 5.75 Å². The van der Waals surface area contributed by atoms with Crippen molar-refractivity contribution in [2.75, 3.05) is 5.32 Å². The number of benzene rings is 1. The summed E-state index contributed by atoms with van der Waals surface area (Å²) in [5.74, 6) is 1.03. The zero-order valence-corrected chi connectivity index (χ0v) is 11.7. The van der Waals surface area contributed by atoms with Gasteiger partial charge in [-0.25, -0.2) is 0 Å². The maximum absolute atomic E-state index is 12.2. The molecule has 0 aliphatic carbocycles. The first-order valence-corrected chi connectivity index (χ1v) is 6.79. The lowest BCUT2D eigenvalue weighted by Crippen LogP contribution is -2.32. The minimum atomic E-state index is -0.529. The summed E-state index contributed by atoms with van der Waals surface area (Å²) in [6.07, 6.45) is 0.908. The first-order chi connectivity index (χ1) is 9.72. The van der Waals surface area contributed by atoms with Gasteiger partial charge in [-0.3, -0.25) is 9.89 Å². The molecule has 0 spiro atoms. The number of ether oxygens (including phenoxy) is 1. The molecule has 1 aromatic carbocycles. The highest BCUT2D eigenvalue weighted by Gasteiger charge is 2.19. The van der Waals surface area contributed by atoms with Gasteiger partial charge in [-0.15, -0.1) is 0 Å². The van der Waals surface area contributed by atoms with Crippen LogP contribution in [0.15, 0.2) is 36.4 Å². The molecule has 0 saturated carbocycles. The van der Waals surface area contributed by atoms with Gasteiger partial charge in [0.25, 0.3) is 5.91 Å². The van der Waals surface area contributed by atoms with E-state index in [-0.39, 0.29) is 5.91 Å². The number of nitrogens with zero attached hydrogens (tertiary/aromatic N) is 1. The number of hydrogen-bond acceptors (Lipinski definition) is 3. The lowest BCUT2D eigenvalue weighted by atomic mass is 10.2. The smallest absolute Gasteiger partial charge is 0.266 e. The van der Waals surface area contributed by atoms with E-state index < -0.39 is 6.10 Å². The van der Waals surface area contributed by atoms with Crippen LogP contribution in [0.4, 0.5) is 5.82 Å². The van der Waals surface area contributed by atoms with Crippen molar-refractivity contribution in [2.45, 2.75) is 32.8 Å². The predicted octanol–water partition coefficient (Wildman–Crippen LogP) is 2.77. The average molecular weight is 273 g/mol. The molecule has 0 aliphatic rings. The van der Waals surface area contributed by atoms with Crippen LogP contribution >= 0.6 is 0 Å². The molecule has 2 aromatic rings. The van der Waals surface area contributed by atoms with E-state index in [1.807, 2.05) is 50.2 Å². The molecular weight excluding hydrogens is 254 g/mol. The third-order valence-corrected chi connectivity index (χ3v) is 2.95. The molecule has 0 bridgehead atoms. The van der Waals surface area contributed by atoms with Gasteiger partial charge in [0.1, 0.15) is 5.75 Å². The van der Waals surface area contributed by atoms with E-state index in [4.69, 9.17) is 4.74 Å². The number of hydrogen-bond donors (Lipinski definition) is 2. The Labute approximate surface area is 118 Å². The third kappa shape index (κ3) is 3.60. The van der Waals surface area contributed by atoms with Crippen LogP contribution < -0.4 is 10.1 Å². The van der Waals surface area contributed by atoms with Crippen molar-refractivity contribution in [3.05, 3.63) is 42.1 Å². The summed E-state index contributed by atoms with van der Waals surface area (Å²) in [6.45, 7) is 3.93. The van der Waals surface area contributed by atoms with Crippen LogP contribution in [0.25, 0.3) is 0 Å². The number of para-hydroxylation sites is 1. The summed E-state index contributed by atoms with van der Waals surface area (Å²) in [7, 11) is 0. The van der Waals surface area contributed by atoms with E-state index in [0.29, 0.717) is 18.0 Å². The van der Waals surface area contributed by atoms with Crippen molar-refractivity contribution in [2.24, 2.45) is 0 Å². The number of carbonyl (C=O) groups excluding carboxylic acids is 1. The van der Waals surface area contributed by atoms with Crippen LogP contribution in [-0.4, -0.2) is 22.2 Å². The van der Waals surface area contributed by atoms with Gasteiger partial charge >= 0.3 is 0 Å². The van der Waals surface area contributed by atoms with Gasteiger partial charge in [0.2, 0.25) is 0 Å². The second-order valence-corrected chi connectivity index (χ2v) is 4.45. The van der Waals surface area contributed by atoms with Crippen LogP contribution in [0.3, 0.4) is 0 Å². The van der Waals surface area contributed by atoms with Crippen molar-refractivity contribution in [1.29, 1.82) is 0 Å². The molecule has 1 amide bonds. The number of aromatic amines is 1. The molecule has 5 heteroatoms. The normalized spacial score (nSPS) is 11.9. The molecule has 0 radical (unpaired) electrons. The minimum absolute atomic E-state index is 0.189. The van der Waals surface area contributed by atoms with E-state index in [2.05, 4.69) is 15.5 Å². The van der Waals surface area contributed by atoms with Crippen LogP contribution in [-0.2, 0) is 11.2 Å². The number of aryl methyl sites for hydroxylation is 1. The molecule has 0 fully saturated rings. The van der Waals surface area contributed by atoms with Crippen molar-refractivity contribution in [1.82, 2.24) is 10.2 Å². The summed E-state index contributed by atoms with van der Waals surface area (Å²) >= 11 is 0. The Hall–Kier alpha value is -2.30. The molecule has 0 saturated heterocycles. The number of carbonyl (C=O) groups is 1. The van der Waals surface area contributed by atoms with Gasteiger partial charge in [0, 0.05) is 11.8 Å². The van der Waals surface area contributed by atoms with E-state index >= 15 is 0 Å². The van der Waals surface area contributed by atoms with E-state index in [1.54, 1.807) is 0 Å². The van der Waals surface area contributed by atoms with Crippen molar-refractivity contribution in [3.8, 4) is 5.75 Å². The van der Waals surface area contributed by atoms with Crippen molar-refractivity contribution >= 4 is 11.7 Å². The fraction of sp³-hybridized carbons (Fsp3) is 0.333. The molecule has 2 N–H and O–H groups in total. The van der Waals surface area contributed by atoms with E-state index in [0.717, 1.165) is 12.1 Å². The number of rotatable bonds is 6. The van der Waals surface area contributed by atoms with Crippen LogP contribution in [0.1, 0.15) is 26.0 Å². The summed E-state index contributed by atoms with van der Waals surface area (Å²) in [5.41, 5.74) is 0.984. The molecule has 0 aliphatic heterocycles. The monoisotopic (exact) mass is 273 g/mol. The van der Waals surface area contributed by atoms with Crippen LogP contribution in [0, 0.1) is 0 Å². The quantitative estimate of drug-likeness (QED) is 0.850. The highest BCUT2D eigenvalue weighted by molar-refractivity contribution is 5.93. The van der Waals surface area contributed by atoms with Gasteiger partial charge in [0.05, 0.1) is 0 Å². The van der Waals surface area contributed by atoms with Gasteiger partial charge in [-0.05, 0) is 25.0 Å². The Morgan fingerprint density at radius 1 is 1.35 bits per heavy atom. The highest BCUT2D eigenvalue weighted by atomic mass is 16.5. The fourth-order valence-corrected chi connectivity index (χ4v) is 1.80. The average Bonchev–Trinajstić information content (AvgIpc) is 2.93. The second kappa shape index (κ2) is 6.75. The Morgan fingerprint density at radius 3 is 2.70 bits per heavy atom. The first-order valence-electron chi connectivity index (χ1n) is 6.79.